The summed E-state index contributed by atoms with van der Waals surface area (Å²) in [7, 11) is 1.67. The summed E-state index contributed by atoms with van der Waals surface area (Å²) in [5.74, 6) is 1.22. The molecular formula is C24H43N5O4S. The second kappa shape index (κ2) is 17.5. The largest absolute Gasteiger partial charge is 0.480 e. The smallest absolute Gasteiger partial charge is 0.320 e. The van der Waals surface area contributed by atoms with Gasteiger partial charge >= 0.3 is 5.97 Å². The number of carbonyl (C=O) groups is 3. The Balaban J connectivity index is 0.000000375. The first-order valence-corrected chi connectivity index (χ1v) is 13.6. The van der Waals surface area contributed by atoms with Gasteiger partial charge in [-0.3, -0.25) is 9.59 Å². The predicted octanol–water partition coefficient (Wildman–Crippen LogP) is 2.29. The number of carboxylic acids is 1. The third-order valence-electron chi connectivity index (χ3n) is 6.27. The molecule has 3 rings (SSSR count). The van der Waals surface area contributed by atoms with Crippen molar-refractivity contribution in [2.24, 2.45) is 5.92 Å². The standard InChI is InChI=1S/C16H26N4O.C6H13NO2S.C2H4O/c1-2-13-5-7-19(10-13)11-15-4-3-6-20(15)16(21)8-14-9-17-12-18-14;1-7-5(6(8)9)3-4-10-2;1-2-3/h9,12-13,15H,2-8,10-11H2,1H3,(H,17,18);5,7H,3-4H2,1-2H3,(H,8,9);2H,1H3/t13-,15?;5-;/m00./s1. The number of H-pyrrole nitrogens is 1. The van der Waals surface area contributed by atoms with Crippen LogP contribution in [0.15, 0.2) is 12.5 Å². The second-order valence-electron chi connectivity index (χ2n) is 8.66. The molecule has 10 heteroatoms. The van der Waals surface area contributed by atoms with Crippen molar-refractivity contribution in [3.63, 3.8) is 0 Å². The molecule has 0 aromatic carbocycles. The van der Waals surface area contributed by atoms with Crippen LogP contribution in [0.1, 0.15) is 51.6 Å². The molecule has 3 atom stereocenters. The minimum atomic E-state index is -0.767. The molecule has 1 unspecified atom stereocenters. The zero-order valence-electron chi connectivity index (χ0n) is 21.2. The normalized spacial score (nSPS) is 20.6. The van der Waals surface area contributed by atoms with E-state index in [2.05, 4.69) is 32.0 Å². The fourth-order valence-corrected chi connectivity index (χ4v) is 4.81. The molecule has 194 valence electrons. The molecular weight excluding hydrogens is 454 g/mol. The number of likely N-dealkylation sites (tertiary alicyclic amines) is 2. The highest BCUT2D eigenvalue weighted by atomic mass is 32.2. The maximum Gasteiger partial charge on any atom is 0.320 e. The van der Waals surface area contributed by atoms with Crippen LogP contribution in [0.3, 0.4) is 0 Å². The number of nitrogens with one attached hydrogen (secondary N) is 2. The lowest BCUT2D eigenvalue weighted by Gasteiger charge is -2.28. The van der Waals surface area contributed by atoms with E-state index >= 15 is 0 Å². The van der Waals surface area contributed by atoms with Crippen LogP contribution in [0.5, 0.6) is 0 Å². The van der Waals surface area contributed by atoms with Gasteiger partial charge in [0.1, 0.15) is 12.3 Å². The number of rotatable bonds is 10. The van der Waals surface area contributed by atoms with Gasteiger partial charge < -0.3 is 30.0 Å². The highest BCUT2D eigenvalue weighted by Crippen LogP contribution is 2.24. The Morgan fingerprint density at radius 2 is 2.12 bits per heavy atom. The van der Waals surface area contributed by atoms with Crippen molar-refractivity contribution in [3.05, 3.63) is 18.2 Å². The van der Waals surface area contributed by atoms with Crippen molar-refractivity contribution in [1.29, 1.82) is 0 Å². The van der Waals surface area contributed by atoms with Crippen molar-refractivity contribution in [1.82, 2.24) is 25.1 Å². The van der Waals surface area contributed by atoms with E-state index in [-0.39, 0.29) is 11.9 Å². The van der Waals surface area contributed by atoms with Crippen LogP contribution in [0, 0.1) is 5.92 Å². The van der Waals surface area contributed by atoms with Crippen molar-refractivity contribution < 1.29 is 19.5 Å². The van der Waals surface area contributed by atoms with E-state index in [1.807, 2.05) is 6.26 Å². The number of hydrogen-bond acceptors (Lipinski definition) is 7. The number of aliphatic carboxylic acids is 1. The number of imidazole rings is 1. The fraction of sp³-hybridized carbons (Fsp3) is 0.750. The molecule has 0 saturated carbocycles. The predicted molar refractivity (Wildman–Crippen MR) is 137 cm³/mol. The Kier molecular flexibility index (Phi) is 15.5. The molecule has 2 fully saturated rings. The lowest BCUT2D eigenvalue weighted by atomic mass is 10.1. The lowest BCUT2D eigenvalue weighted by molar-refractivity contribution is -0.139. The first-order valence-electron chi connectivity index (χ1n) is 12.2. The minimum absolute atomic E-state index is 0.244. The SMILES string of the molecule is CC=O.CC[C@H]1CCN(CC2CCCN2C(=O)Cc2cnc[nH]2)C1.CN[C@@H](CCSC)C(=O)O. The number of amides is 1. The summed E-state index contributed by atoms with van der Waals surface area (Å²) in [5, 5.41) is 11.3. The molecule has 1 aromatic heterocycles. The number of thioether (sulfide) groups is 1. The van der Waals surface area contributed by atoms with Crippen molar-refractivity contribution in [3.8, 4) is 0 Å². The summed E-state index contributed by atoms with van der Waals surface area (Å²) in [6.07, 6.45) is 12.1. The minimum Gasteiger partial charge on any atom is -0.480 e. The fourth-order valence-electron chi connectivity index (χ4n) is 4.34. The van der Waals surface area contributed by atoms with E-state index in [4.69, 9.17) is 9.90 Å². The molecule has 2 saturated heterocycles. The average molecular weight is 498 g/mol. The molecule has 0 bridgehead atoms. The maximum absolute atomic E-state index is 12.5. The Morgan fingerprint density at radius 3 is 2.65 bits per heavy atom. The summed E-state index contributed by atoms with van der Waals surface area (Å²) in [4.78, 5) is 43.3. The third kappa shape index (κ3) is 11.0. The summed E-state index contributed by atoms with van der Waals surface area (Å²) < 4.78 is 0. The quantitative estimate of drug-likeness (QED) is 0.422. The first-order chi connectivity index (χ1) is 16.4. The Morgan fingerprint density at radius 1 is 1.38 bits per heavy atom. The molecule has 2 aliphatic rings. The lowest BCUT2D eigenvalue weighted by Crippen LogP contribution is -2.43. The second-order valence-corrected chi connectivity index (χ2v) is 9.64. The molecule has 0 radical (unpaired) electrons. The zero-order chi connectivity index (χ0) is 25.3. The van der Waals surface area contributed by atoms with Gasteiger partial charge in [0.15, 0.2) is 0 Å². The Bertz CT molecular complexity index is 704. The highest BCUT2D eigenvalue weighted by Gasteiger charge is 2.32. The number of nitrogens with zero attached hydrogens (tertiary/aromatic N) is 3. The topological polar surface area (TPSA) is 119 Å². The van der Waals surface area contributed by atoms with Crippen LogP contribution in [0.2, 0.25) is 0 Å². The van der Waals surface area contributed by atoms with Gasteiger partial charge in [0.2, 0.25) is 5.91 Å². The van der Waals surface area contributed by atoms with E-state index in [9.17, 15) is 9.59 Å². The van der Waals surface area contributed by atoms with E-state index in [0.29, 0.717) is 18.9 Å². The van der Waals surface area contributed by atoms with Gasteiger partial charge in [-0.1, -0.05) is 13.3 Å². The molecule has 3 N–H and O–H groups in total. The number of carboxylic acid groups (broad SMARTS) is 1. The van der Waals surface area contributed by atoms with Gasteiger partial charge in [-0.25, -0.2) is 4.98 Å². The number of aromatic amines is 1. The molecule has 0 spiro atoms. The van der Waals surface area contributed by atoms with Gasteiger partial charge in [-0.05, 0) is 64.1 Å². The third-order valence-corrected chi connectivity index (χ3v) is 6.91. The van der Waals surface area contributed by atoms with E-state index in [1.165, 1.54) is 32.9 Å². The van der Waals surface area contributed by atoms with Gasteiger partial charge in [0.25, 0.3) is 0 Å². The highest BCUT2D eigenvalue weighted by molar-refractivity contribution is 7.98. The molecule has 2 aliphatic heterocycles. The van der Waals surface area contributed by atoms with Gasteiger partial charge in [-0.15, -0.1) is 0 Å². The van der Waals surface area contributed by atoms with Crippen LogP contribution < -0.4 is 5.32 Å². The number of hydrogen-bond donors (Lipinski definition) is 3. The average Bonchev–Trinajstić information content (AvgIpc) is 3.58. The molecule has 9 nitrogen and oxygen atoms in total. The number of aldehydes is 1. The van der Waals surface area contributed by atoms with E-state index in [0.717, 1.165) is 49.6 Å². The number of carbonyl (C=O) groups excluding carboxylic acids is 2. The number of likely N-dealkylation sites (N-methyl/N-ethyl adjacent to an activating group) is 1. The monoisotopic (exact) mass is 497 g/mol. The maximum atomic E-state index is 12.5. The summed E-state index contributed by atoms with van der Waals surface area (Å²) in [6.45, 7) is 8.13. The molecule has 1 amide bonds. The van der Waals surface area contributed by atoms with Crippen LogP contribution in [0.25, 0.3) is 0 Å². The first kappa shape index (κ1) is 30.1. The summed E-state index contributed by atoms with van der Waals surface area (Å²) >= 11 is 1.66. The van der Waals surface area contributed by atoms with Crippen LogP contribution in [-0.4, -0.2) is 100 Å². The molecule has 0 aliphatic carbocycles. The van der Waals surface area contributed by atoms with Crippen LogP contribution in [0.4, 0.5) is 0 Å². The van der Waals surface area contributed by atoms with Crippen LogP contribution >= 0.6 is 11.8 Å². The van der Waals surface area contributed by atoms with E-state index in [1.54, 1.807) is 31.3 Å². The number of aromatic nitrogens is 2. The Labute approximate surface area is 208 Å². The van der Waals surface area contributed by atoms with Gasteiger partial charge in [-0.2, -0.15) is 11.8 Å². The molecule has 3 heterocycles. The zero-order valence-corrected chi connectivity index (χ0v) is 22.0. The van der Waals surface area contributed by atoms with E-state index < -0.39 is 5.97 Å². The van der Waals surface area contributed by atoms with Gasteiger partial charge in [0, 0.05) is 37.6 Å². The summed E-state index contributed by atoms with van der Waals surface area (Å²) in [6, 6.07) is 0.0310. The van der Waals surface area contributed by atoms with Gasteiger partial charge in [0.05, 0.1) is 12.7 Å². The molecule has 34 heavy (non-hydrogen) atoms. The van der Waals surface area contributed by atoms with Crippen LogP contribution in [-0.2, 0) is 20.8 Å². The summed E-state index contributed by atoms with van der Waals surface area (Å²) in [5.41, 5.74) is 0.915. The Hall–Kier alpha value is -1.91. The van der Waals surface area contributed by atoms with Crippen molar-refractivity contribution >= 4 is 29.9 Å². The van der Waals surface area contributed by atoms with Crippen molar-refractivity contribution in [2.75, 3.05) is 45.2 Å². The molecule has 1 aromatic rings. The van der Waals surface area contributed by atoms with Crippen molar-refractivity contribution in [2.45, 2.75) is 64.5 Å².